The maximum absolute atomic E-state index is 12.4. The number of hydrogen-bond donors (Lipinski definition) is 0. The van der Waals surface area contributed by atoms with E-state index in [1.54, 1.807) is 55.4 Å². The number of aromatic nitrogens is 3. The number of carbonyl (C=O) groups is 2. The zero-order valence-electron chi connectivity index (χ0n) is 15.6. The van der Waals surface area contributed by atoms with E-state index in [0.717, 1.165) is 11.3 Å². The normalized spacial score (nSPS) is 10.8. The van der Waals surface area contributed by atoms with Gasteiger partial charge in [-0.25, -0.2) is 9.67 Å². The first-order valence-corrected chi connectivity index (χ1v) is 8.63. The smallest absolute Gasteiger partial charge is 0.259 e. The van der Waals surface area contributed by atoms with Gasteiger partial charge in [0.05, 0.1) is 5.69 Å². The first-order valence-electron chi connectivity index (χ1n) is 8.63. The summed E-state index contributed by atoms with van der Waals surface area (Å²) in [5.74, 6) is 0.183. The fourth-order valence-electron chi connectivity index (χ4n) is 2.36. The topological polar surface area (TPSA) is 77.3 Å². The molecule has 0 bridgehead atoms. The molecule has 0 unspecified atom stereocenters. The van der Waals surface area contributed by atoms with Crippen LogP contribution in [0.4, 0.5) is 0 Å². The summed E-state index contributed by atoms with van der Waals surface area (Å²) in [7, 11) is 3.32. The van der Waals surface area contributed by atoms with Gasteiger partial charge >= 0.3 is 0 Å². The molecule has 1 aromatic heterocycles. The second kappa shape index (κ2) is 8.77. The van der Waals surface area contributed by atoms with Gasteiger partial charge in [-0.05, 0) is 35.9 Å². The van der Waals surface area contributed by atoms with Gasteiger partial charge in [-0.15, -0.1) is 0 Å². The average Bonchev–Trinajstić information content (AvgIpc) is 3.25. The summed E-state index contributed by atoms with van der Waals surface area (Å²) in [4.78, 5) is 29.4. The lowest BCUT2D eigenvalue weighted by Crippen LogP contribution is -2.27. The third-order valence-electron chi connectivity index (χ3n) is 3.98. The van der Waals surface area contributed by atoms with Crippen molar-refractivity contribution in [1.82, 2.24) is 19.7 Å². The van der Waals surface area contributed by atoms with Crippen molar-refractivity contribution in [2.45, 2.75) is 0 Å². The van der Waals surface area contributed by atoms with Crippen LogP contribution in [0.15, 0.2) is 67.3 Å². The minimum absolute atomic E-state index is 0.0708. The van der Waals surface area contributed by atoms with E-state index in [2.05, 4.69) is 10.1 Å². The summed E-state index contributed by atoms with van der Waals surface area (Å²) in [5, 5.41) is 4.07. The number of nitrogens with zero attached hydrogens (tertiary/aromatic N) is 4. The van der Waals surface area contributed by atoms with E-state index in [9.17, 15) is 9.59 Å². The van der Waals surface area contributed by atoms with Gasteiger partial charge in [0, 0.05) is 19.7 Å². The molecular formula is C21H20N4O3. The lowest BCUT2D eigenvalue weighted by atomic mass is 10.1. The highest BCUT2D eigenvalue weighted by Gasteiger charge is 2.07. The number of likely N-dealkylation sites (N-methyl/N-ethyl adjacent to an activating group) is 1. The summed E-state index contributed by atoms with van der Waals surface area (Å²) in [6.45, 7) is -0.0708. The van der Waals surface area contributed by atoms with E-state index in [0.29, 0.717) is 11.3 Å². The minimum atomic E-state index is -0.148. The van der Waals surface area contributed by atoms with Crippen LogP contribution in [-0.4, -0.2) is 52.1 Å². The van der Waals surface area contributed by atoms with Gasteiger partial charge in [0.25, 0.3) is 5.91 Å². The summed E-state index contributed by atoms with van der Waals surface area (Å²) in [6, 6.07) is 14.4. The maximum atomic E-state index is 12.4. The first kappa shape index (κ1) is 19.0. The van der Waals surface area contributed by atoms with Gasteiger partial charge in [0.1, 0.15) is 18.4 Å². The number of rotatable bonds is 7. The molecule has 0 atom stereocenters. The molecule has 0 aliphatic rings. The van der Waals surface area contributed by atoms with Crippen LogP contribution in [0.3, 0.4) is 0 Å². The van der Waals surface area contributed by atoms with Crippen molar-refractivity contribution < 1.29 is 14.3 Å². The van der Waals surface area contributed by atoms with Crippen molar-refractivity contribution in [1.29, 1.82) is 0 Å². The lowest BCUT2D eigenvalue weighted by Gasteiger charge is -2.11. The Morgan fingerprint density at radius 1 is 1.14 bits per heavy atom. The molecule has 2 aromatic carbocycles. The number of ether oxygens (including phenoxy) is 1. The van der Waals surface area contributed by atoms with Gasteiger partial charge < -0.3 is 9.64 Å². The molecule has 3 aromatic rings. The predicted octanol–water partition coefficient (Wildman–Crippen LogP) is 2.63. The third kappa shape index (κ3) is 4.91. The molecule has 1 heterocycles. The summed E-state index contributed by atoms with van der Waals surface area (Å²) in [6.07, 6.45) is 6.35. The van der Waals surface area contributed by atoms with E-state index in [-0.39, 0.29) is 18.3 Å². The summed E-state index contributed by atoms with van der Waals surface area (Å²) < 4.78 is 7.11. The van der Waals surface area contributed by atoms with E-state index >= 15 is 0 Å². The predicted molar refractivity (Wildman–Crippen MR) is 105 cm³/mol. The molecule has 0 saturated carbocycles. The Morgan fingerprint density at radius 3 is 2.61 bits per heavy atom. The third-order valence-corrected chi connectivity index (χ3v) is 3.98. The van der Waals surface area contributed by atoms with Crippen LogP contribution in [-0.2, 0) is 4.79 Å². The van der Waals surface area contributed by atoms with Crippen molar-refractivity contribution in [3.63, 3.8) is 0 Å². The van der Waals surface area contributed by atoms with Gasteiger partial charge in [0.15, 0.2) is 12.4 Å². The number of ketones is 1. The van der Waals surface area contributed by atoms with Crippen LogP contribution in [0.2, 0.25) is 0 Å². The van der Waals surface area contributed by atoms with Gasteiger partial charge in [0.2, 0.25) is 0 Å². The molecule has 0 N–H and O–H groups in total. The van der Waals surface area contributed by atoms with Crippen molar-refractivity contribution in [3.05, 3.63) is 78.4 Å². The van der Waals surface area contributed by atoms with E-state index in [1.807, 2.05) is 24.3 Å². The van der Waals surface area contributed by atoms with E-state index in [4.69, 9.17) is 4.74 Å². The molecule has 7 heteroatoms. The Bertz CT molecular complexity index is 977. The molecule has 0 fully saturated rings. The van der Waals surface area contributed by atoms with Crippen molar-refractivity contribution >= 4 is 17.8 Å². The SMILES string of the molecule is CN(C)C(=O)COc1cccc(C(=O)/C=C/c2ccc(-n3cncn3)cc2)c1. The van der Waals surface area contributed by atoms with E-state index < -0.39 is 0 Å². The van der Waals surface area contributed by atoms with Gasteiger partial charge in [-0.1, -0.05) is 30.3 Å². The second-order valence-corrected chi connectivity index (χ2v) is 6.23. The number of allylic oxidation sites excluding steroid dienone is 1. The summed E-state index contributed by atoms with van der Waals surface area (Å²) in [5.41, 5.74) is 2.27. The average molecular weight is 376 g/mol. The Hall–Kier alpha value is -3.74. The first-order chi connectivity index (χ1) is 13.5. The molecule has 142 valence electrons. The minimum Gasteiger partial charge on any atom is -0.484 e. The van der Waals surface area contributed by atoms with Crippen LogP contribution in [0, 0.1) is 0 Å². The Labute approximate surface area is 162 Å². The standard InChI is InChI=1S/C21H20N4O3/c1-24(2)21(27)13-28-19-5-3-4-17(12-19)20(26)11-8-16-6-9-18(10-7-16)25-15-22-14-23-25/h3-12,14-15H,13H2,1-2H3/b11-8+. The monoisotopic (exact) mass is 376 g/mol. The quantitative estimate of drug-likeness (QED) is 0.468. The Kier molecular flexibility index (Phi) is 5.96. The molecule has 0 spiro atoms. The number of amides is 1. The fourth-order valence-corrected chi connectivity index (χ4v) is 2.36. The summed E-state index contributed by atoms with van der Waals surface area (Å²) >= 11 is 0. The molecule has 0 radical (unpaired) electrons. The largest absolute Gasteiger partial charge is 0.484 e. The molecule has 28 heavy (non-hydrogen) atoms. The van der Waals surface area contributed by atoms with Gasteiger partial charge in [-0.3, -0.25) is 9.59 Å². The second-order valence-electron chi connectivity index (χ2n) is 6.23. The highest BCUT2D eigenvalue weighted by Crippen LogP contribution is 2.15. The molecular weight excluding hydrogens is 356 g/mol. The lowest BCUT2D eigenvalue weighted by molar-refractivity contribution is -0.130. The highest BCUT2D eigenvalue weighted by atomic mass is 16.5. The Balaban J connectivity index is 1.64. The maximum Gasteiger partial charge on any atom is 0.259 e. The highest BCUT2D eigenvalue weighted by molar-refractivity contribution is 6.07. The Morgan fingerprint density at radius 2 is 1.93 bits per heavy atom. The van der Waals surface area contributed by atoms with Gasteiger partial charge in [-0.2, -0.15) is 5.10 Å². The zero-order chi connectivity index (χ0) is 19.9. The zero-order valence-corrected chi connectivity index (χ0v) is 15.6. The fraction of sp³-hybridized carbons (Fsp3) is 0.143. The molecule has 7 nitrogen and oxygen atoms in total. The van der Waals surface area contributed by atoms with Crippen LogP contribution < -0.4 is 4.74 Å². The van der Waals surface area contributed by atoms with Crippen LogP contribution >= 0.6 is 0 Å². The van der Waals surface area contributed by atoms with E-state index in [1.165, 1.54) is 17.3 Å². The number of hydrogen-bond acceptors (Lipinski definition) is 5. The molecule has 3 rings (SSSR count). The van der Waals surface area contributed by atoms with Crippen LogP contribution in [0.1, 0.15) is 15.9 Å². The van der Waals surface area contributed by atoms with Crippen LogP contribution in [0.25, 0.3) is 11.8 Å². The molecule has 0 saturated heterocycles. The number of carbonyl (C=O) groups excluding carboxylic acids is 2. The molecule has 0 aliphatic heterocycles. The van der Waals surface area contributed by atoms with Crippen molar-refractivity contribution in [2.75, 3.05) is 20.7 Å². The van der Waals surface area contributed by atoms with Crippen LogP contribution in [0.5, 0.6) is 5.75 Å². The number of benzene rings is 2. The molecule has 1 amide bonds. The van der Waals surface area contributed by atoms with Crippen molar-refractivity contribution in [3.8, 4) is 11.4 Å². The van der Waals surface area contributed by atoms with Crippen molar-refractivity contribution in [2.24, 2.45) is 0 Å². The molecule has 0 aliphatic carbocycles.